The highest BCUT2D eigenvalue weighted by Gasteiger charge is 2.08. The lowest BCUT2D eigenvalue weighted by molar-refractivity contribution is 0.263. The van der Waals surface area contributed by atoms with Crippen LogP contribution < -0.4 is 4.74 Å². The maximum absolute atomic E-state index is 5.92. The lowest BCUT2D eigenvalue weighted by Crippen LogP contribution is -2.19. The van der Waals surface area contributed by atoms with E-state index in [9.17, 15) is 0 Å². The van der Waals surface area contributed by atoms with Crippen molar-refractivity contribution in [1.82, 2.24) is 4.90 Å². The van der Waals surface area contributed by atoms with E-state index in [1.165, 1.54) is 16.3 Å². The van der Waals surface area contributed by atoms with Crippen LogP contribution in [0.3, 0.4) is 0 Å². The van der Waals surface area contributed by atoms with Gasteiger partial charge in [-0.2, -0.15) is 0 Å². The smallest absolute Gasteiger partial charge is 0.127 e. The Kier molecular flexibility index (Phi) is 4.43. The average Bonchev–Trinajstić information content (AvgIpc) is 2.37. The first-order valence-corrected chi connectivity index (χ1v) is 6.88. The van der Waals surface area contributed by atoms with E-state index in [0.717, 1.165) is 18.9 Å². The summed E-state index contributed by atoms with van der Waals surface area (Å²) in [6.07, 6.45) is 0. The second-order valence-electron chi connectivity index (χ2n) is 5.50. The van der Waals surface area contributed by atoms with Crippen molar-refractivity contribution in [2.24, 2.45) is 0 Å². The molecule has 2 aromatic rings. The lowest BCUT2D eigenvalue weighted by atomic mass is 9.96. The molecule has 0 aliphatic carbocycles. The van der Waals surface area contributed by atoms with Crippen LogP contribution in [0.4, 0.5) is 0 Å². The number of benzene rings is 2. The second kappa shape index (κ2) is 6.07. The Labute approximate surface area is 116 Å². The number of hydrogen-bond acceptors (Lipinski definition) is 2. The quantitative estimate of drug-likeness (QED) is 0.805. The minimum absolute atomic E-state index is 0.528. The topological polar surface area (TPSA) is 12.5 Å². The summed E-state index contributed by atoms with van der Waals surface area (Å²) in [5, 5.41) is 2.52. The maximum Gasteiger partial charge on any atom is 0.127 e. The van der Waals surface area contributed by atoms with Gasteiger partial charge in [-0.1, -0.05) is 44.2 Å². The Morgan fingerprint density at radius 3 is 2.37 bits per heavy atom. The van der Waals surface area contributed by atoms with Gasteiger partial charge in [0, 0.05) is 11.9 Å². The van der Waals surface area contributed by atoms with Crippen LogP contribution in [-0.2, 0) is 0 Å². The Morgan fingerprint density at radius 2 is 1.68 bits per heavy atom. The Bertz CT molecular complexity index is 546. The molecule has 0 N–H and O–H groups in total. The van der Waals surface area contributed by atoms with E-state index in [4.69, 9.17) is 4.74 Å². The summed E-state index contributed by atoms with van der Waals surface area (Å²) in [6, 6.07) is 12.8. The van der Waals surface area contributed by atoms with Gasteiger partial charge in [-0.05, 0) is 37.0 Å². The fourth-order valence-electron chi connectivity index (χ4n) is 2.27. The van der Waals surface area contributed by atoms with E-state index in [2.05, 4.69) is 69.2 Å². The van der Waals surface area contributed by atoms with Gasteiger partial charge in [0.2, 0.25) is 0 Å². The number of likely N-dealkylation sites (N-methyl/N-ethyl adjacent to an activating group) is 1. The van der Waals surface area contributed by atoms with Crippen LogP contribution in [0.15, 0.2) is 36.4 Å². The molecule has 0 bridgehead atoms. The predicted octanol–water partition coefficient (Wildman–Crippen LogP) is 3.90. The van der Waals surface area contributed by atoms with Gasteiger partial charge in [-0.25, -0.2) is 0 Å². The van der Waals surface area contributed by atoms with E-state index in [0.29, 0.717) is 5.92 Å². The number of hydrogen-bond donors (Lipinski definition) is 0. The molecule has 0 saturated heterocycles. The molecular weight excluding hydrogens is 234 g/mol. The van der Waals surface area contributed by atoms with Crippen LogP contribution in [0.25, 0.3) is 10.8 Å². The Hall–Kier alpha value is -1.54. The number of nitrogens with zero attached hydrogens (tertiary/aromatic N) is 1. The molecule has 2 rings (SSSR count). The molecule has 0 unspecified atom stereocenters. The molecule has 2 heteroatoms. The lowest BCUT2D eigenvalue weighted by Gasteiger charge is -2.15. The molecule has 0 atom stereocenters. The zero-order valence-corrected chi connectivity index (χ0v) is 12.3. The fraction of sp³-hybridized carbons (Fsp3) is 0.412. The Morgan fingerprint density at radius 1 is 1.00 bits per heavy atom. The summed E-state index contributed by atoms with van der Waals surface area (Å²) >= 11 is 0. The van der Waals surface area contributed by atoms with Gasteiger partial charge in [0.05, 0.1) is 0 Å². The minimum Gasteiger partial charge on any atom is -0.492 e. The van der Waals surface area contributed by atoms with Gasteiger partial charge >= 0.3 is 0 Å². The predicted molar refractivity (Wildman–Crippen MR) is 82.1 cm³/mol. The number of ether oxygens (including phenoxy) is 1. The van der Waals surface area contributed by atoms with Crippen LogP contribution in [0.1, 0.15) is 25.3 Å². The zero-order valence-electron chi connectivity index (χ0n) is 12.3. The maximum atomic E-state index is 5.92. The molecule has 0 aliphatic rings. The van der Waals surface area contributed by atoms with E-state index < -0.39 is 0 Å². The van der Waals surface area contributed by atoms with Crippen molar-refractivity contribution in [2.45, 2.75) is 19.8 Å². The van der Waals surface area contributed by atoms with Crippen molar-refractivity contribution in [1.29, 1.82) is 0 Å². The van der Waals surface area contributed by atoms with Gasteiger partial charge in [-0.3, -0.25) is 0 Å². The minimum atomic E-state index is 0.528. The molecule has 0 saturated carbocycles. The largest absolute Gasteiger partial charge is 0.492 e. The second-order valence-corrected chi connectivity index (χ2v) is 5.50. The molecule has 0 spiro atoms. The third-order valence-electron chi connectivity index (χ3n) is 3.33. The monoisotopic (exact) mass is 257 g/mol. The molecule has 0 radical (unpaired) electrons. The molecule has 0 amide bonds. The molecule has 0 heterocycles. The molecule has 19 heavy (non-hydrogen) atoms. The van der Waals surface area contributed by atoms with E-state index in [1.807, 2.05) is 0 Å². The first-order valence-electron chi connectivity index (χ1n) is 6.88. The summed E-state index contributed by atoms with van der Waals surface area (Å²) in [5.41, 5.74) is 1.38. The van der Waals surface area contributed by atoms with Crippen molar-refractivity contribution in [3.05, 3.63) is 42.0 Å². The first kappa shape index (κ1) is 13.9. The summed E-state index contributed by atoms with van der Waals surface area (Å²) in [5.74, 6) is 1.52. The first-order chi connectivity index (χ1) is 9.09. The third kappa shape index (κ3) is 3.27. The van der Waals surface area contributed by atoms with Crippen LogP contribution in [0, 0.1) is 0 Å². The normalized spacial score (nSPS) is 11.5. The SMILES string of the molecule is CC(C)c1cccc2c(OCCN(C)C)cccc12. The molecule has 0 fully saturated rings. The van der Waals surface area contributed by atoms with E-state index in [1.54, 1.807) is 0 Å². The van der Waals surface area contributed by atoms with Gasteiger partial charge in [0.25, 0.3) is 0 Å². The summed E-state index contributed by atoms with van der Waals surface area (Å²) in [7, 11) is 4.12. The van der Waals surface area contributed by atoms with Crippen LogP contribution >= 0.6 is 0 Å². The highest BCUT2D eigenvalue weighted by molar-refractivity contribution is 5.91. The van der Waals surface area contributed by atoms with E-state index >= 15 is 0 Å². The fourth-order valence-corrected chi connectivity index (χ4v) is 2.27. The van der Waals surface area contributed by atoms with Gasteiger partial charge in [0.15, 0.2) is 0 Å². The summed E-state index contributed by atoms with van der Waals surface area (Å²) < 4.78 is 5.92. The van der Waals surface area contributed by atoms with Crippen molar-refractivity contribution >= 4 is 10.8 Å². The van der Waals surface area contributed by atoms with Crippen molar-refractivity contribution in [3.63, 3.8) is 0 Å². The summed E-state index contributed by atoms with van der Waals surface area (Å²) in [6.45, 7) is 6.11. The highest BCUT2D eigenvalue weighted by Crippen LogP contribution is 2.31. The molecule has 2 nitrogen and oxygen atoms in total. The third-order valence-corrected chi connectivity index (χ3v) is 3.33. The number of fused-ring (bicyclic) bond motifs is 1. The van der Waals surface area contributed by atoms with Crippen LogP contribution in [-0.4, -0.2) is 32.1 Å². The van der Waals surface area contributed by atoms with Crippen LogP contribution in [0.5, 0.6) is 5.75 Å². The standard InChI is InChI=1S/C17H23NO/c1-13(2)14-7-5-9-16-15(14)8-6-10-17(16)19-12-11-18(3)4/h5-10,13H,11-12H2,1-4H3. The van der Waals surface area contributed by atoms with Gasteiger partial charge in [-0.15, -0.1) is 0 Å². The molecule has 102 valence electrons. The van der Waals surface area contributed by atoms with Gasteiger partial charge in [0.1, 0.15) is 12.4 Å². The van der Waals surface area contributed by atoms with Crippen molar-refractivity contribution in [3.8, 4) is 5.75 Å². The molecule has 2 aromatic carbocycles. The number of rotatable bonds is 5. The molecule has 0 aromatic heterocycles. The highest BCUT2D eigenvalue weighted by atomic mass is 16.5. The van der Waals surface area contributed by atoms with E-state index in [-0.39, 0.29) is 0 Å². The summed E-state index contributed by atoms with van der Waals surface area (Å²) in [4.78, 5) is 2.13. The van der Waals surface area contributed by atoms with Crippen molar-refractivity contribution < 1.29 is 4.74 Å². The van der Waals surface area contributed by atoms with Crippen LogP contribution in [0.2, 0.25) is 0 Å². The van der Waals surface area contributed by atoms with Crippen molar-refractivity contribution in [2.75, 3.05) is 27.2 Å². The zero-order chi connectivity index (χ0) is 13.8. The Balaban J connectivity index is 2.32. The average molecular weight is 257 g/mol. The van der Waals surface area contributed by atoms with Gasteiger partial charge < -0.3 is 9.64 Å². The molecular formula is C17H23NO. The molecule has 0 aliphatic heterocycles.